The fraction of sp³-hybridized carbons (Fsp3) is 0.214. The molecular formula is C56H57BrF2N2. The van der Waals surface area contributed by atoms with Crippen molar-refractivity contribution in [3.8, 4) is 22.3 Å². The van der Waals surface area contributed by atoms with E-state index < -0.39 is 0 Å². The molecule has 0 aliphatic carbocycles. The average Bonchev–Trinajstić information content (AvgIpc) is 3.20. The second-order valence-electron chi connectivity index (χ2n) is 18.1. The third-order valence-electron chi connectivity index (χ3n) is 11.1. The number of fused-ring (bicyclic) bond motifs is 2. The van der Waals surface area contributed by atoms with Crippen LogP contribution in [0.3, 0.4) is 0 Å². The fourth-order valence-corrected chi connectivity index (χ4v) is 8.09. The number of halogens is 3. The molecule has 2 nitrogen and oxygen atoms in total. The van der Waals surface area contributed by atoms with Crippen LogP contribution in [0.1, 0.15) is 74.9 Å². The first-order valence-electron chi connectivity index (χ1n) is 20.8. The summed E-state index contributed by atoms with van der Waals surface area (Å²) < 4.78 is 28.8. The molecule has 0 aliphatic heterocycles. The van der Waals surface area contributed by atoms with Gasteiger partial charge in [0.05, 0.1) is 0 Å². The van der Waals surface area contributed by atoms with Crippen LogP contribution in [0.5, 0.6) is 0 Å². The highest BCUT2D eigenvalue weighted by atomic mass is 79.9. The largest absolute Gasteiger partial charge is 0.398 e. The van der Waals surface area contributed by atoms with Crippen molar-refractivity contribution in [3.05, 3.63) is 195 Å². The zero-order chi connectivity index (χ0) is 44.2. The van der Waals surface area contributed by atoms with Crippen LogP contribution in [0, 0.1) is 39.3 Å². The molecule has 0 bridgehead atoms. The molecule has 0 saturated heterocycles. The number of hydrogen-bond donors (Lipinski definition) is 2. The SMILES string of the molecule is Cc1cc(C(C)(C)C)cc(C)c1N.Cc1cc(C(C)(C)C)cc(C)c1Nc1cc(F)cc(-c2cccc3ccccc23)c1.Fc1cc(Br)cc(-c2cccc3ccccc23)c1. The minimum Gasteiger partial charge on any atom is -0.398 e. The summed E-state index contributed by atoms with van der Waals surface area (Å²) in [6.07, 6.45) is 0. The first-order valence-corrected chi connectivity index (χ1v) is 21.6. The number of anilines is 3. The highest BCUT2D eigenvalue weighted by Crippen LogP contribution is 2.36. The molecule has 8 rings (SSSR count). The van der Waals surface area contributed by atoms with Gasteiger partial charge < -0.3 is 11.1 Å². The summed E-state index contributed by atoms with van der Waals surface area (Å²) in [6.45, 7) is 21.7. The molecule has 0 aliphatic rings. The van der Waals surface area contributed by atoms with Crippen molar-refractivity contribution >= 4 is 54.5 Å². The zero-order valence-corrected chi connectivity index (χ0v) is 38.7. The van der Waals surface area contributed by atoms with E-state index in [1.165, 1.54) is 28.3 Å². The maximum absolute atomic E-state index is 14.6. The van der Waals surface area contributed by atoms with Crippen LogP contribution in [0.4, 0.5) is 25.8 Å². The quantitative estimate of drug-likeness (QED) is 0.173. The van der Waals surface area contributed by atoms with E-state index >= 15 is 0 Å². The van der Waals surface area contributed by atoms with Gasteiger partial charge in [-0.3, -0.25) is 0 Å². The Labute approximate surface area is 370 Å². The summed E-state index contributed by atoms with van der Waals surface area (Å²) in [7, 11) is 0. The highest BCUT2D eigenvalue weighted by molar-refractivity contribution is 9.10. The third kappa shape index (κ3) is 10.9. The smallest absolute Gasteiger partial charge is 0.125 e. The molecule has 0 unspecified atom stereocenters. The van der Waals surface area contributed by atoms with Crippen LogP contribution in [-0.2, 0) is 10.8 Å². The Morgan fingerprint density at radius 3 is 1.34 bits per heavy atom. The van der Waals surface area contributed by atoms with Gasteiger partial charge in [-0.2, -0.15) is 0 Å². The van der Waals surface area contributed by atoms with Gasteiger partial charge in [0.15, 0.2) is 0 Å². The number of nitrogens with two attached hydrogens (primary N) is 1. The van der Waals surface area contributed by atoms with E-state index in [1.807, 2.05) is 54.6 Å². The Morgan fingerprint density at radius 1 is 0.475 bits per heavy atom. The second kappa shape index (κ2) is 18.5. The minimum atomic E-state index is -0.246. The molecule has 0 fully saturated rings. The first kappa shape index (κ1) is 44.8. The Kier molecular flexibility index (Phi) is 13.5. The summed E-state index contributed by atoms with van der Waals surface area (Å²) in [5.41, 5.74) is 20.1. The van der Waals surface area contributed by atoms with Crippen molar-refractivity contribution in [3.63, 3.8) is 0 Å². The van der Waals surface area contributed by atoms with Gasteiger partial charge in [0.25, 0.3) is 0 Å². The van der Waals surface area contributed by atoms with Gasteiger partial charge in [-0.1, -0.05) is 167 Å². The lowest BCUT2D eigenvalue weighted by atomic mass is 9.84. The lowest BCUT2D eigenvalue weighted by molar-refractivity contribution is 0.589. The van der Waals surface area contributed by atoms with Gasteiger partial charge in [0.2, 0.25) is 0 Å². The molecule has 0 amide bonds. The number of aryl methyl sites for hydroxylation is 4. The van der Waals surface area contributed by atoms with E-state index in [1.54, 1.807) is 18.2 Å². The highest BCUT2D eigenvalue weighted by Gasteiger charge is 2.18. The molecule has 8 aromatic carbocycles. The topological polar surface area (TPSA) is 38.0 Å². The van der Waals surface area contributed by atoms with Gasteiger partial charge in [-0.15, -0.1) is 0 Å². The van der Waals surface area contributed by atoms with E-state index in [0.717, 1.165) is 76.5 Å². The normalized spacial score (nSPS) is 11.4. The Balaban J connectivity index is 0.000000170. The second-order valence-corrected chi connectivity index (χ2v) is 19.0. The molecule has 8 aromatic rings. The number of hydrogen-bond acceptors (Lipinski definition) is 2. The lowest BCUT2D eigenvalue weighted by Crippen LogP contribution is -2.12. The van der Waals surface area contributed by atoms with E-state index in [-0.39, 0.29) is 22.5 Å². The molecular weight excluding hydrogens is 819 g/mol. The third-order valence-corrected chi connectivity index (χ3v) is 11.5. The van der Waals surface area contributed by atoms with Crippen LogP contribution >= 0.6 is 15.9 Å². The van der Waals surface area contributed by atoms with E-state index in [9.17, 15) is 8.78 Å². The van der Waals surface area contributed by atoms with Gasteiger partial charge in [0, 0.05) is 21.5 Å². The van der Waals surface area contributed by atoms with Crippen molar-refractivity contribution in [2.75, 3.05) is 11.1 Å². The predicted molar refractivity (Wildman–Crippen MR) is 263 cm³/mol. The van der Waals surface area contributed by atoms with Crippen LogP contribution in [0.2, 0.25) is 0 Å². The fourth-order valence-electron chi connectivity index (χ4n) is 7.63. The molecule has 3 N–H and O–H groups in total. The first-order chi connectivity index (χ1) is 28.8. The molecule has 0 spiro atoms. The van der Waals surface area contributed by atoms with E-state index in [2.05, 4.69) is 157 Å². The van der Waals surface area contributed by atoms with Crippen molar-refractivity contribution in [1.29, 1.82) is 0 Å². The van der Waals surface area contributed by atoms with Crippen molar-refractivity contribution in [1.82, 2.24) is 0 Å². The van der Waals surface area contributed by atoms with Crippen LogP contribution in [-0.4, -0.2) is 0 Å². The monoisotopic (exact) mass is 874 g/mol. The van der Waals surface area contributed by atoms with Gasteiger partial charge in [0.1, 0.15) is 11.6 Å². The average molecular weight is 876 g/mol. The summed E-state index contributed by atoms with van der Waals surface area (Å²) in [5, 5.41) is 8.05. The number of nitrogens with one attached hydrogen (secondary N) is 1. The van der Waals surface area contributed by atoms with Gasteiger partial charge in [-0.25, -0.2) is 8.78 Å². The van der Waals surface area contributed by atoms with Crippen molar-refractivity contribution in [2.45, 2.75) is 80.1 Å². The molecule has 0 heterocycles. The molecule has 0 atom stereocenters. The molecule has 0 aromatic heterocycles. The number of rotatable bonds is 4. The standard InChI is InChI=1S/C28H28FN.C16H10BrF.C12H19N/c1-18-13-22(28(3,4)5)14-19(2)27(18)30-24-16-21(15-23(29)17-24)26-12-8-10-20-9-6-7-11-25(20)26;17-13-8-12(9-14(18)10-13)16-7-3-5-11-4-1-2-6-15(11)16;1-8-6-10(12(3,4)5)7-9(2)11(8)13/h6-17,30H,1-5H3;1-10H;6-7H,13H2,1-5H3. The molecule has 5 heteroatoms. The lowest BCUT2D eigenvalue weighted by Gasteiger charge is -2.23. The van der Waals surface area contributed by atoms with Crippen LogP contribution in [0.25, 0.3) is 43.8 Å². The van der Waals surface area contributed by atoms with Crippen LogP contribution < -0.4 is 11.1 Å². The Bertz CT molecular complexity index is 2770. The summed E-state index contributed by atoms with van der Waals surface area (Å²) in [4.78, 5) is 0. The summed E-state index contributed by atoms with van der Waals surface area (Å²) in [6, 6.07) is 47.6. The Hall–Kier alpha value is -5.78. The number of nitrogen functional groups attached to an aromatic ring is 1. The molecule has 312 valence electrons. The zero-order valence-electron chi connectivity index (χ0n) is 37.1. The van der Waals surface area contributed by atoms with Crippen molar-refractivity contribution in [2.24, 2.45) is 0 Å². The van der Waals surface area contributed by atoms with Crippen LogP contribution in [0.15, 0.2) is 150 Å². The minimum absolute atomic E-state index is 0.0917. The molecule has 61 heavy (non-hydrogen) atoms. The number of benzene rings is 8. The maximum Gasteiger partial charge on any atom is 0.125 e. The summed E-state index contributed by atoms with van der Waals surface area (Å²) >= 11 is 3.33. The van der Waals surface area contributed by atoms with E-state index in [4.69, 9.17) is 5.73 Å². The van der Waals surface area contributed by atoms with Crippen molar-refractivity contribution < 1.29 is 8.78 Å². The van der Waals surface area contributed by atoms with Gasteiger partial charge >= 0.3 is 0 Å². The van der Waals surface area contributed by atoms with E-state index in [0.29, 0.717) is 0 Å². The molecule has 0 radical (unpaired) electrons. The predicted octanol–water partition coefficient (Wildman–Crippen LogP) is 16.9. The maximum atomic E-state index is 14.6. The Morgan fingerprint density at radius 2 is 0.885 bits per heavy atom. The summed E-state index contributed by atoms with van der Waals surface area (Å²) in [5.74, 6) is -0.475. The van der Waals surface area contributed by atoms with Gasteiger partial charge in [-0.05, 0) is 152 Å². The molecule has 0 saturated carbocycles.